The molecule has 2 fully saturated rings. The van der Waals surface area contributed by atoms with Crippen molar-refractivity contribution in [1.82, 2.24) is 5.06 Å². The zero-order valence-electron chi connectivity index (χ0n) is 12.8. The van der Waals surface area contributed by atoms with Crippen LogP contribution in [0.3, 0.4) is 0 Å². The van der Waals surface area contributed by atoms with Gasteiger partial charge in [0.05, 0.1) is 6.10 Å². The van der Waals surface area contributed by atoms with E-state index in [9.17, 15) is 0 Å². The zero-order valence-corrected chi connectivity index (χ0v) is 13.8. The molecule has 0 unspecified atom stereocenters. The maximum absolute atomic E-state index is 6.39. The lowest BCUT2D eigenvalue weighted by atomic mass is 9.95. The van der Waals surface area contributed by atoms with Crippen molar-refractivity contribution in [3.63, 3.8) is 0 Å². The van der Waals surface area contributed by atoms with Gasteiger partial charge in [-0.15, -0.1) is 0 Å². The minimum Gasteiger partial charge on any atom is -0.416 e. The van der Waals surface area contributed by atoms with Crippen LogP contribution in [0.1, 0.15) is 40.5 Å². The summed E-state index contributed by atoms with van der Waals surface area (Å²) in [6.45, 7) is 15.7. The summed E-state index contributed by atoms with van der Waals surface area (Å²) < 4.78 is 6.39. The third-order valence-corrected chi connectivity index (χ3v) is 9.59. The fourth-order valence-electron chi connectivity index (χ4n) is 2.70. The normalized spacial score (nSPS) is 34.0. The predicted octanol–water partition coefficient (Wildman–Crippen LogP) is 3.42. The number of fused-ring (bicyclic) bond motifs is 1. The van der Waals surface area contributed by atoms with Crippen molar-refractivity contribution < 1.29 is 9.26 Å². The van der Waals surface area contributed by atoms with Gasteiger partial charge in [0.2, 0.25) is 0 Å². The van der Waals surface area contributed by atoms with Gasteiger partial charge in [0.1, 0.15) is 0 Å². The minimum absolute atomic E-state index is 0.297. The second-order valence-electron chi connectivity index (χ2n) is 7.40. The van der Waals surface area contributed by atoms with Crippen LogP contribution in [0.25, 0.3) is 0 Å². The molecule has 3 nitrogen and oxygen atoms in total. The lowest BCUT2D eigenvalue weighted by Crippen LogP contribution is -2.43. The molecule has 0 bridgehead atoms. The maximum Gasteiger partial charge on any atom is 0.191 e. The van der Waals surface area contributed by atoms with Gasteiger partial charge in [-0.2, -0.15) is 5.06 Å². The van der Waals surface area contributed by atoms with Gasteiger partial charge in [-0.25, -0.2) is 0 Å². The first-order valence-corrected chi connectivity index (χ1v) is 10.2. The van der Waals surface area contributed by atoms with E-state index in [4.69, 9.17) is 9.26 Å². The molecule has 0 aliphatic carbocycles. The summed E-state index contributed by atoms with van der Waals surface area (Å²) in [5.41, 5.74) is 0. The zero-order chi connectivity index (χ0) is 13.6. The van der Waals surface area contributed by atoms with Crippen LogP contribution in [0, 0.1) is 5.92 Å². The molecular formula is C14H29NO2Si. The average molecular weight is 271 g/mol. The van der Waals surface area contributed by atoms with Crippen molar-refractivity contribution in [2.45, 2.75) is 70.8 Å². The number of nitrogens with zero attached hydrogens (tertiary/aromatic N) is 1. The Morgan fingerprint density at radius 3 is 2.61 bits per heavy atom. The molecule has 2 aliphatic heterocycles. The van der Waals surface area contributed by atoms with Crippen LogP contribution in [0.2, 0.25) is 18.1 Å². The minimum atomic E-state index is -1.62. The summed E-state index contributed by atoms with van der Waals surface area (Å²) in [4.78, 5) is 5.92. The van der Waals surface area contributed by atoms with Crippen molar-refractivity contribution in [2.75, 3.05) is 13.2 Å². The molecule has 2 saturated heterocycles. The van der Waals surface area contributed by atoms with Gasteiger partial charge >= 0.3 is 0 Å². The smallest absolute Gasteiger partial charge is 0.191 e. The number of hydrogen-bond acceptors (Lipinski definition) is 3. The monoisotopic (exact) mass is 271 g/mol. The van der Waals surface area contributed by atoms with Gasteiger partial charge in [-0.3, -0.25) is 4.84 Å². The van der Waals surface area contributed by atoms with Crippen LogP contribution in [0.15, 0.2) is 0 Å². The first kappa shape index (κ1) is 14.5. The van der Waals surface area contributed by atoms with E-state index >= 15 is 0 Å². The molecule has 0 aromatic carbocycles. The molecule has 4 heteroatoms. The highest BCUT2D eigenvalue weighted by Crippen LogP contribution is 2.39. The lowest BCUT2D eigenvalue weighted by molar-refractivity contribution is -0.143. The average Bonchev–Trinajstić information content (AvgIpc) is 2.73. The molecule has 2 rings (SSSR count). The van der Waals surface area contributed by atoms with Crippen LogP contribution in [0.5, 0.6) is 0 Å². The number of rotatable bonds is 3. The van der Waals surface area contributed by atoms with Gasteiger partial charge < -0.3 is 4.43 Å². The van der Waals surface area contributed by atoms with Crippen LogP contribution >= 0.6 is 0 Å². The Morgan fingerprint density at radius 2 is 2.00 bits per heavy atom. The highest BCUT2D eigenvalue weighted by Gasteiger charge is 2.45. The Balaban J connectivity index is 1.94. The number of hydroxylamine groups is 2. The largest absolute Gasteiger partial charge is 0.416 e. The van der Waals surface area contributed by atoms with Crippen molar-refractivity contribution in [3.8, 4) is 0 Å². The second-order valence-corrected chi connectivity index (χ2v) is 12.2. The molecule has 2 heterocycles. The molecule has 0 spiro atoms. The molecule has 18 heavy (non-hydrogen) atoms. The summed E-state index contributed by atoms with van der Waals surface area (Å²) >= 11 is 0. The van der Waals surface area contributed by atoms with E-state index in [0.29, 0.717) is 23.1 Å². The highest BCUT2D eigenvalue weighted by molar-refractivity contribution is 6.74. The molecule has 2 aliphatic rings. The summed E-state index contributed by atoms with van der Waals surface area (Å²) in [6.07, 6.45) is 2.86. The highest BCUT2D eigenvalue weighted by atomic mass is 28.4. The molecule has 0 aromatic rings. The van der Waals surface area contributed by atoms with Gasteiger partial charge in [0.25, 0.3) is 0 Å². The van der Waals surface area contributed by atoms with Crippen LogP contribution in [0.4, 0.5) is 0 Å². The first-order valence-electron chi connectivity index (χ1n) is 7.30. The van der Waals surface area contributed by atoms with Crippen molar-refractivity contribution in [1.29, 1.82) is 0 Å². The van der Waals surface area contributed by atoms with E-state index in [1.165, 1.54) is 12.8 Å². The van der Waals surface area contributed by atoms with E-state index < -0.39 is 8.32 Å². The molecule has 0 aromatic heterocycles. The number of hydrogen-bond donors (Lipinski definition) is 0. The maximum atomic E-state index is 6.39. The third kappa shape index (κ3) is 2.67. The fourth-order valence-corrected chi connectivity index (χ4v) is 3.74. The quantitative estimate of drug-likeness (QED) is 0.734. The van der Waals surface area contributed by atoms with Crippen molar-refractivity contribution >= 4 is 8.32 Å². The van der Waals surface area contributed by atoms with Gasteiger partial charge in [-0.1, -0.05) is 20.8 Å². The van der Waals surface area contributed by atoms with Crippen molar-refractivity contribution in [3.05, 3.63) is 0 Å². The molecule has 3 atom stereocenters. The first-order chi connectivity index (χ1) is 8.22. The van der Waals surface area contributed by atoms with E-state index in [2.05, 4.69) is 45.9 Å². The summed E-state index contributed by atoms with van der Waals surface area (Å²) in [5, 5.41) is 2.50. The van der Waals surface area contributed by atoms with Gasteiger partial charge in [0, 0.05) is 25.1 Å². The Bertz CT molecular complexity index is 301. The molecule has 0 N–H and O–H groups in total. The Hall–Kier alpha value is 0.0969. The molecule has 0 amide bonds. The SMILES string of the molecule is C[C@@H]1ON2CCC[C@H]2[C@H]1CO[Si](C)(C)C(C)(C)C. The molecule has 0 saturated carbocycles. The van der Waals surface area contributed by atoms with E-state index in [0.717, 1.165) is 13.2 Å². The Labute approximate surface area is 113 Å². The van der Waals surface area contributed by atoms with Crippen molar-refractivity contribution in [2.24, 2.45) is 5.92 Å². The second kappa shape index (κ2) is 4.89. The lowest BCUT2D eigenvalue weighted by Gasteiger charge is -2.37. The van der Waals surface area contributed by atoms with Gasteiger partial charge in [-0.05, 0) is 37.9 Å². The molecule has 106 valence electrons. The topological polar surface area (TPSA) is 21.7 Å². The summed E-state index contributed by atoms with van der Waals surface area (Å²) in [6, 6.07) is 0.602. The predicted molar refractivity (Wildman–Crippen MR) is 76.9 cm³/mol. The standard InChI is InChI=1S/C14H29NO2Si/c1-11-12(13-8-7-9-15(13)17-11)10-16-18(5,6)14(2,3)4/h11-13H,7-10H2,1-6H3/t11-,12-,13-/m0/s1. The summed E-state index contributed by atoms with van der Waals surface area (Å²) in [7, 11) is -1.62. The van der Waals surface area contributed by atoms with Crippen LogP contribution in [-0.4, -0.2) is 38.7 Å². The molecular weight excluding hydrogens is 242 g/mol. The third-order valence-electron chi connectivity index (χ3n) is 5.09. The Morgan fingerprint density at radius 1 is 1.33 bits per heavy atom. The van der Waals surface area contributed by atoms with Gasteiger partial charge in [0.15, 0.2) is 8.32 Å². The summed E-state index contributed by atoms with van der Waals surface area (Å²) in [5.74, 6) is 0.557. The van der Waals surface area contributed by atoms with E-state index in [-0.39, 0.29) is 0 Å². The van der Waals surface area contributed by atoms with E-state index in [1.54, 1.807) is 0 Å². The van der Waals surface area contributed by atoms with Crippen LogP contribution in [-0.2, 0) is 9.26 Å². The molecule has 0 radical (unpaired) electrons. The van der Waals surface area contributed by atoms with E-state index in [1.807, 2.05) is 0 Å². The fraction of sp³-hybridized carbons (Fsp3) is 1.00. The Kier molecular flexibility index (Phi) is 3.94. The van der Waals surface area contributed by atoms with Crippen LogP contribution < -0.4 is 0 Å².